The Morgan fingerprint density at radius 2 is 1.89 bits per heavy atom. The van der Waals surface area contributed by atoms with Crippen molar-refractivity contribution in [3.05, 3.63) is 54.1 Å². The maximum absolute atomic E-state index is 12.6. The average molecular weight is 367 g/mol. The van der Waals surface area contributed by atoms with Crippen LogP contribution in [0.4, 0.5) is 11.4 Å². The second-order valence-corrected chi connectivity index (χ2v) is 6.23. The second-order valence-electron chi connectivity index (χ2n) is 6.23. The zero-order valence-electron chi connectivity index (χ0n) is 15.0. The molecule has 0 spiro atoms. The van der Waals surface area contributed by atoms with Gasteiger partial charge in [-0.25, -0.2) is 0 Å². The minimum Gasteiger partial charge on any atom is -0.494 e. The summed E-state index contributed by atoms with van der Waals surface area (Å²) in [6, 6.07) is 13.7. The molecule has 1 aliphatic heterocycles. The molecule has 1 aliphatic rings. The molecule has 27 heavy (non-hydrogen) atoms. The van der Waals surface area contributed by atoms with E-state index < -0.39 is 11.8 Å². The van der Waals surface area contributed by atoms with Gasteiger partial charge in [-0.15, -0.1) is 0 Å². The number of ether oxygens (including phenoxy) is 1. The first kappa shape index (κ1) is 18.4. The Hall–Kier alpha value is -3.35. The number of primary amides is 1. The van der Waals surface area contributed by atoms with Crippen LogP contribution in [0.5, 0.6) is 5.75 Å². The smallest absolute Gasteiger partial charge is 0.250 e. The molecule has 1 heterocycles. The summed E-state index contributed by atoms with van der Waals surface area (Å²) < 4.78 is 5.40. The average Bonchev–Trinajstić information content (AvgIpc) is 3.05. The number of para-hydroxylation sites is 1. The van der Waals surface area contributed by atoms with E-state index in [1.54, 1.807) is 53.4 Å². The van der Waals surface area contributed by atoms with Crippen molar-refractivity contribution < 1.29 is 19.1 Å². The summed E-state index contributed by atoms with van der Waals surface area (Å²) in [5, 5.41) is 2.71. The summed E-state index contributed by atoms with van der Waals surface area (Å²) in [5.74, 6) is -0.840. The van der Waals surface area contributed by atoms with E-state index in [9.17, 15) is 14.4 Å². The normalized spacial score (nSPS) is 16.3. The van der Waals surface area contributed by atoms with Gasteiger partial charge in [-0.05, 0) is 43.3 Å². The molecule has 1 saturated heterocycles. The summed E-state index contributed by atoms with van der Waals surface area (Å²) >= 11 is 0. The van der Waals surface area contributed by atoms with E-state index in [4.69, 9.17) is 10.5 Å². The van der Waals surface area contributed by atoms with Crippen LogP contribution in [0.2, 0.25) is 0 Å². The number of hydrogen-bond acceptors (Lipinski definition) is 4. The third-order valence-corrected chi connectivity index (χ3v) is 4.41. The fraction of sp³-hybridized carbons (Fsp3) is 0.250. The minimum atomic E-state index is -0.621. The van der Waals surface area contributed by atoms with E-state index in [-0.39, 0.29) is 30.3 Å². The van der Waals surface area contributed by atoms with E-state index in [0.29, 0.717) is 12.3 Å². The lowest BCUT2D eigenvalue weighted by Gasteiger charge is -2.17. The molecule has 0 saturated carbocycles. The van der Waals surface area contributed by atoms with Crippen molar-refractivity contribution in [2.75, 3.05) is 23.4 Å². The molecule has 0 aromatic heterocycles. The van der Waals surface area contributed by atoms with Crippen molar-refractivity contribution in [2.45, 2.75) is 13.3 Å². The molecular formula is C20H21N3O4. The van der Waals surface area contributed by atoms with Crippen LogP contribution < -0.4 is 20.7 Å². The number of amides is 3. The molecule has 1 atom stereocenters. The minimum absolute atomic E-state index is 0.109. The Morgan fingerprint density at radius 3 is 2.56 bits per heavy atom. The number of nitrogens with two attached hydrogens (primary N) is 1. The van der Waals surface area contributed by atoms with Crippen LogP contribution in [0.25, 0.3) is 0 Å². The third-order valence-electron chi connectivity index (χ3n) is 4.41. The van der Waals surface area contributed by atoms with Crippen molar-refractivity contribution >= 4 is 29.1 Å². The van der Waals surface area contributed by atoms with Crippen LogP contribution in [0.1, 0.15) is 23.7 Å². The van der Waals surface area contributed by atoms with Crippen LogP contribution in [0.15, 0.2) is 48.5 Å². The quantitative estimate of drug-likeness (QED) is 0.817. The molecule has 3 rings (SSSR count). The van der Waals surface area contributed by atoms with Crippen molar-refractivity contribution in [3.8, 4) is 5.75 Å². The van der Waals surface area contributed by atoms with Crippen LogP contribution in [-0.2, 0) is 9.59 Å². The predicted molar refractivity (Wildman–Crippen MR) is 102 cm³/mol. The molecule has 0 radical (unpaired) electrons. The molecule has 3 N–H and O–H groups in total. The molecule has 3 amide bonds. The molecule has 7 nitrogen and oxygen atoms in total. The largest absolute Gasteiger partial charge is 0.494 e. The first-order chi connectivity index (χ1) is 13.0. The fourth-order valence-electron chi connectivity index (χ4n) is 3.06. The van der Waals surface area contributed by atoms with Gasteiger partial charge in [0.2, 0.25) is 11.8 Å². The highest BCUT2D eigenvalue weighted by molar-refractivity contribution is 6.06. The lowest BCUT2D eigenvalue weighted by molar-refractivity contribution is -0.122. The summed E-state index contributed by atoms with van der Waals surface area (Å²) in [5.41, 5.74) is 6.64. The summed E-state index contributed by atoms with van der Waals surface area (Å²) in [4.78, 5) is 38.0. The molecule has 1 unspecified atom stereocenters. The number of nitrogens with zero attached hydrogens (tertiary/aromatic N) is 1. The molecule has 0 aliphatic carbocycles. The van der Waals surface area contributed by atoms with Gasteiger partial charge in [-0.1, -0.05) is 12.1 Å². The monoisotopic (exact) mass is 367 g/mol. The Balaban J connectivity index is 1.70. The van der Waals surface area contributed by atoms with Gasteiger partial charge < -0.3 is 20.7 Å². The second kappa shape index (κ2) is 7.90. The van der Waals surface area contributed by atoms with Crippen LogP contribution in [0, 0.1) is 5.92 Å². The van der Waals surface area contributed by atoms with E-state index >= 15 is 0 Å². The molecule has 1 fully saturated rings. The Bertz CT molecular complexity index is 864. The third kappa shape index (κ3) is 4.08. The zero-order valence-corrected chi connectivity index (χ0v) is 15.0. The van der Waals surface area contributed by atoms with Gasteiger partial charge in [0.05, 0.1) is 23.8 Å². The molecule has 140 valence electrons. The summed E-state index contributed by atoms with van der Waals surface area (Å²) in [6.07, 6.45) is 0.109. The Kier molecular flexibility index (Phi) is 5.40. The molecule has 7 heteroatoms. The summed E-state index contributed by atoms with van der Waals surface area (Å²) in [6.45, 7) is 2.74. The van der Waals surface area contributed by atoms with Crippen LogP contribution >= 0.6 is 0 Å². The number of rotatable bonds is 6. The molecular weight excluding hydrogens is 346 g/mol. The fourth-order valence-corrected chi connectivity index (χ4v) is 3.06. The zero-order chi connectivity index (χ0) is 19.4. The van der Waals surface area contributed by atoms with E-state index in [1.807, 2.05) is 6.92 Å². The van der Waals surface area contributed by atoms with Gasteiger partial charge in [0, 0.05) is 18.7 Å². The standard InChI is InChI=1S/C20H21N3O4/c1-2-27-15-9-7-14(8-10-15)23-12-13(11-18(23)24)20(26)22-17-6-4-3-5-16(17)19(21)25/h3-10,13H,2,11-12H2,1H3,(H2,21,25)(H,22,26). The highest BCUT2D eigenvalue weighted by Crippen LogP contribution is 2.28. The van der Waals surface area contributed by atoms with Gasteiger partial charge in [0.1, 0.15) is 5.75 Å². The first-order valence-electron chi connectivity index (χ1n) is 8.72. The number of carbonyl (C=O) groups excluding carboxylic acids is 3. The lowest BCUT2D eigenvalue weighted by atomic mass is 10.1. The predicted octanol–water partition coefficient (Wildman–Crippen LogP) is 2.18. The maximum atomic E-state index is 12.6. The topological polar surface area (TPSA) is 102 Å². The van der Waals surface area contributed by atoms with Crippen molar-refractivity contribution in [2.24, 2.45) is 11.7 Å². The number of benzene rings is 2. The van der Waals surface area contributed by atoms with Crippen molar-refractivity contribution in [1.82, 2.24) is 0 Å². The Morgan fingerprint density at radius 1 is 1.19 bits per heavy atom. The van der Waals surface area contributed by atoms with Gasteiger partial charge >= 0.3 is 0 Å². The number of carbonyl (C=O) groups is 3. The highest BCUT2D eigenvalue weighted by atomic mass is 16.5. The van der Waals surface area contributed by atoms with E-state index in [1.165, 1.54) is 0 Å². The SMILES string of the molecule is CCOc1ccc(N2CC(C(=O)Nc3ccccc3C(N)=O)CC2=O)cc1. The first-order valence-corrected chi connectivity index (χ1v) is 8.72. The van der Waals surface area contributed by atoms with Crippen LogP contribution in [0.3, 0.4) is 0 Å². The number of anilines is 2. The summed E-state index contributed by atoms with van der Waals surface area (Å²) in [7, 11) is 0. The molecule has 2 aromatic carbocycles. The van der Waals surface area contributed by atoms with Crippen LogP contribution in [-0.4, -0.2) is 30.9 Å². The maximum Gasteiger partial charge on any atom is 0.250 e. The van der Waals surface area contributed by atoms with Gasteiger partial charge in [0.25, 0.3) is 5.91 Å². The van der Waals surface area contributed by atoms with E-state index in [2.05, 4.69) is 5.32 Å². The number of hydrogen-bond donors (Lipinski definition) is 2. The number of nitrogens with one attached hydrogen (secondary N) is 1. The van der Waals surface area contributed by atoms with Gasteiger partial charge in [-0.2, -0.15) is 0 Å². The van der Waals surface area contributed by atoms with Gasteiger partial charge in [-0.3, -0.25) is 14.4 Å². The highest BCUT2D eigenvalue weighted by Gasteiger charge is 2.35. The van der Waals surface area contributed by atoms with Gasteiger partial charge in [0.15, 0.2) is 0 Å². The molecule has 0 bridgehead atoms. The van der Waals surface area contributed by atoms with Crippen molar-refractivity contribution in [1.29, 1.82) is 0 Å². The molecule has 2 aromatic rings. The van der Waals surface area contributed by atoms with Crippen molar-refractivity contribution in [3.63, 3.8) is 0 Å². The Labute approximate surface area is 157 Å². The lowest BCUT2D eigenvalue weighted by Crippen LogP contribution is -2.28. The van der Waals surface area contributed by atoms with E-state index in [0.717, 1.165) is 11.4 Å².